The Bertz CT molecular complexity index is 560. The Morgan fingerprint density at radius 2 is 1.43 bits per heavy atom. The molecule has 4 nitrogen and oxygen atoms in total. The molecule has 0 bridgehead atoms. The van der Waals surface area contributed by atoms with Crippen molar-refractivity contribution in [2.24, 2.45) is 22.7 Å². The quantitative estimate of drug-likeness (QED) is 0.803. The summed E-state index contributed by atoms with van der Waals surface area (Å²) in [4.78, 5) is 37.7. The number of hydrogen-bond donors (Lipinski definition) is 1. The van der Waals surface area contributed by atoms with E-state index in [-0.39, 0.29) is 33.9 Å². The Labute approximate surface area is 138 Å². The minimum Gasteiger partial charge on any atom is -0.512 e. The van der Waals surface area contributed by atoms with Gasteiger partial charge in [-0.2, -0.15) is 0 Å². The fourth-order valence-corrected chi connectivity index (χ4v) is 4.18. The first-order valence-electron chi connectivity index (χ1n) is 8.48. The molecule has 1 atom stereocenters. The summed E-state index contributed by atoms with van der Waals surface area (Å²) in [6.45, 7) is 9.60. The van der Waals surface area contributed by atoms with Crippen molar-refractivity contribution in [3.8, 4) is 0 Å². The maximum atomic E-state index is 12.6. The Balaban J connectivity index is 2.38. The van der Waals surface area contributed by atoms with Crippen molar-refractivity contribution in [1.82, 2.24) is 0 Å². The van der Waals surface area contributed by atoms with E-state index in [4.69, 9.17) is 0 Å². The van der Waals surface area contributed by atoms with Crippen molar-refractivity contribution in [1.29, 1.82) is 0 Å². The number of carbonyl (C=O) groups is 3. The van der Waals surface area contributed by atoms with Gasteiger partial charge in [0, 0.05) is 37.2 Å². The first-order chi connectivity index (χ1) is 10.5. The van der Waals surface area contributed by atoms with Gasteiger partial charge in [0.15, 0.2) is 5.78 Å². The van der Waals surface area contributed by atoms with Crippen LogP contribution in [0, 0.1) is 22.7 Å². The summed E-state index contributed by atoms with van der Waals surface area (Å²) >= 11 is 0. The molecule has 2 aliphatic rings. The Hall–Kier alpha value is -1.45. The second-order valence-electron chi connectivity index (χ2n) is 8.74. The van der Waals surface area contributed by atoms with Gasteiger partial charge in [-0.1, -0.05) is 34.6 Å². The molecule has 0 radical (unpaired) electrons. The highest BCUT2D eigenvalue weighted by molar-refractivity contribution is 6.08. The lowest BCUT2D eigenvalue weighted by Gasteiger charge is -2.38. The third-order valence-corrected chi connectivity index (χ3v) is 5.11. The van der Waals surface area contributed by atoms with Crippen LogP contribution >= 0.6 is 0 Å². The summed E-state index contributed by atoms with van der Waals surface area (Å²) in [7, 11) is 0. The highest BCUT2D eigenvalue weighted by atomic mass is 16.3. The van der Waals surface area contributed by atoms with Crippen molar-refractivity contribution in [2.75, 3.05) is 0 Å². The normalized spacial score (nSPS) is 26.6. The van der Waals surface area contributed by atoms with Gasteiger partial charge in [0.2, 0.25) is 0 Å². The molecule has 0 spiro atoms. The first kappa shape index (κ1) is 17.9. The van der Waals surface area contributed by atoms with Crippen LogP contribution in [0.3, 0.4) is 0 Å². The minimum absolute atomic E-state index is 0.0727. The molecule has 0 aromatic carbocycles. The number of hydrogen-bond acceptors (Lipinski definition) is 4. The van der Waals surface area contributed by atoms with Gasteiger partial charge in [-0.15, -0.1) is 0 Å². The van der Waals surface area contributed by atoms with Crippen molar-refractivity contribution >= 4 is 17.3 Å². The molecule has 1 N–H and O–H groups in total. The van der Waals surface area contributed by atoms with Gasteiger partial charge in [0.05, 0.1) is 11.7 Å². The largest absolute Gasteiger partial charge is 0.512 e. The Morgan fingerprint density at radius 3 is 1.87 bits per heavy atom. The number of rotatable bonds is 3. The molecular weight excluding hydrogens is 292 g/mol. The zero-order chi connectivity index (χ0) is 17.6. The van der Waals surface area contributed by atoms with Crippen LogP contribution in [-0.4, -0.2) is 22.5 Å². The average molecular weight is 320 g/mol. The van der Waals surface area contributed by atoms with Crippen LogP contribution in [0.1, 0.15) is 66.7 Å². The average Bonchev–Trinajstić information content (AvgIpc) is 2.31. The van der Waals surface area contributed by atoms with Gasteiger partial charge in [0.25, 0.3) is 0 Å². The summed E-state index contributed by atoms with van der Waals surface area (Å²) < 4.78 is 0. The van der Waals surface area contributed by atoms with E-state index in [1.54, 1.807) is 0 Å². The van der Waals surface area contributed by atoms with Gasteiger partial charge in [-0.05, 0) is 17.3 Å². The maximum absolute atomic E-state index is 12.6. The van der Waals surface area contributed by atoms with Crippen LogP contribution in [0.15, 0.2) is 11.3 Å². The number of aliphatic hydroxyl groups is 1. The van der Waals surface area contributed by atoms with Gasteiger partial charge in [-0.3, -0.25) is 14.4 Å². The SMILES string of the molecule is CC[C@@H](C1=C(O)CC(C)(C)CC1=O)C1C(=O)CC(C)(C)CC1=O. The number of Topliss-reactive ketones (excluding diaryl/α,β-unsaturated/α-hetero) is 3. The number of carbonyl (C=O) groups excluding carboxylic acids is 3. The van der Waals surface area contributed by atoms with E-state index in [0.717, 1.165) is 0 Å². The molecule has 0 aliphatic heterocycles. The second kappa shape index (κ2) is 5.88. The highest BCUT2D eigenvalue weighted by Crippen LogP contribution is 2.44. The summed E-state index contributed by atoms with van der Waals surface area (Å²) in [5, 5.41) is 10.4. The molecule has 2 rings (SSSR count). The van der Waals surface area contributed by atoms with Gasteiger partial charge in [-0.25, -0.2) is 0 Å². The van der Waals surface area contributed by atoms with E-state index in [2.05, 4.69) is 0 Å². The molecular formula is C19H28O4. The Kier molecular flexibility index (Phi) is 4.57. The van der Waals surface area contributed by atoms with Crippen LogP contribution < -0.4 is 0 Å². The van der Waals surface area contributed by atoms with Crippen LogP contribution in [0.5, 0.6) is 0 Å². The third-order valence-electron chi connectivity index (χ3n) is 5.11. The third kappa shape index (κ3) is 3.56. The minimum atomic E-state index is -0.768. The molecule has 0 aromatic rings. The monoisotopic (exact) mass is 320 g/mol. The van der Waals surface area contributed by atoms with Crippen LogP contribution in [-0.2, 0) is 14.4 Å². The lowest BCUT2D eigenvalue weighted by Crippen LogP contribution is -2.43. The molecule has 0 heterocycles. The molecule has 0 aromatic heterocycles. The van der Waals surface area contributed by atoms with Gasteiger partial charge < -0.3 is 5.11 Å². The maximum Gasteiger partial charge on any atom is 0.163 e. The zero-order valence-corrected chi connectivity index (χ0v) is 14.9. The number of ketones is 3. The van der Waals surface area contributed by atoms with Crippen LogP contribution in [0.25, 0.3) is 0 Å². The smallest absolute Gasteiger partial charge is 0.163 e. The summed E-state index contributed by atoms with van der Waals surface area (Å²) in [6.07, 6.45) is 1.99. The molecule has 0 amide bonds. The summed E-state index contributed by atoms with van der Waals surface area (Å²) in [6, 6.07) is 0. The van der Waals surface area contributed by atoms with E-state index in [9.17, 15) is 19.5 Å². The molecule has 2 aliphatic carbocycles. The molecule has 1 fully saturated rings. The fraction of sp³-hybridized carbons (Fsp3) is 0.737. The van der Waals surface area contributed by atoms with Crippen molar-refractivity contribution < 1.29 is 19.5 Å². The second-order valence-corrected chi connectivity index (χ2v) is 8.74. The molecule has 1 saturated carbocycles. The predicted molar refractivity (Wildman–Crippen MR) is 88.0 cm³/mol. The van der Waals surface area contributed by atoms with Crippen LogP contribution in [0.2, 0.25) is 0 Å². The van der Waals surface area contributed by atoms with E-state index in [0.29, 0.717) is 37.7 Å². The van der Waals surface area contributed by atoms with Crippen molar-refractivity contribution in [3.05, 3.63) is 11.3 Å². The molecule has 23 heavy (non-hydrogen) atoms. The molecule has 4 heteroatoms. The molecule has 0 saturated heterocycles. The first-order valence-corrected chi connectivity index (χ1v) is 8.48. The van der Waals surface area contributed by atoms with Gasteiger partial charge in [0.1, 0.15) is 11.6 Å². The zero-order valence-electron chi connectivity index (χ0n) is 14.9. The van der Waals surface area contributed by atoms with Crippen molar-refractivity contribution in [2.45, 2.75) is 66.7 Å². The van der Waals surface area contributed by atoms with E-state index < -0.39 is 11.8 Å². The molecule has 0 unspecified atom stereocenters. The van der Waals surface area contributed by atoms with Crippen LogP contribution in [0.4, 0.5) is 0 Å². The lowest BCUT2D eigenvalue weighted by molar-refractivity contribution is -0.141. The highest BCUT2D eigenvalue weighted by Gasteiger charge is 2.47. The van der Waals surface area contributed by atoms with E-state index in [1.165, 1.54) is 0 Å². The standard InChI is InChI=1S/C19H28O4/c1-6-11(16-12(20)7-18(2,3)8-13(16)21)17-14(22)9-19(4,5)10-15(17)23/h11,16,22H,6-10H2,1-5H3/t11-/m1/s1. The van der Waals surface area contributed by atoms with Crippen molar-refractivity contribution in [3.63, 3.8) is 0 Å². The fourth-order valence-electron chi connectivity index (χ4n) is 4.18. The topological polar surface area (TPSA) is 71.4 Å². The number of allylic oxidation sites excluding steroid dienone is 2. The lowest BCUT2D eigenvalue weighted by atomic mass is 9.63. The number of aliphatic hydroxyl groups excluding tert-OH is 1. The van der Waals surface area contributed by atoms with E-state index in [1.807, 2.05) is 34.6 Å². The van der Waals surface area contributed by atoms with Gasteiger partial charge >= 0.3 is 0 Å². The summed E-state index contributed by atoms with van der Waals surface area (Å²) in [5.74, 6) is -1.46. The Morgan fingerprint density at radius 1 is 0.957 bits per heavy atom. The summed E-state index contributed by atoms with van der Waals surface area (Å²) in [5.41, 5.74) is -0.248. The van der Waals surface area contributed by atoms with E-state index >= 15 is 0 Å². The molecule has 128 valence electrons. The predicted octanol–water partition coefficient (Wildman–Crippen LogP) is 3.79.